The van der Waals surface area contributed by atoms with Crippen LogP contribution in [0.5, 0.6) is 5.75 Å². The van der Waals surface area contributed by atoms with Gasteiger partial charge in [-0.1, -0.05) is 0 Å². The Morgan fingerprint density at radius 2 is 2.41 bits per heavy atom. The van der Waals surface area contributed by atoms with E-state index in [0.29, 0.717) is 6.61 Å². The summed E-state index contributed by atoms with van der Waals surface area (Å²) in [4.78, 5) is 0. The Kier molecular flexibility index (Phi) is 3.97. The van der Waals surface area contributed by atoms with Crippen LogP contribution in [0.4, 0.5) is 4.39 Å². The lowest BCUT2D eigenvalue weighted by Crippen LogP contribution is -2.29. The molecule has 0 saturated heterocycles. The van der Waals surface area contributed by atoms with E-state index < -0.39 is 0 Å². The number of nitrogens with one attached hydrogen (secondary N) is 1. The number of fused-ring (bicyclic) bond motifs is 1. The molecule has 0 bridgehead atoms. The highest BCUT2D eigenvalue weighted by Crippen LogP contribution is 2.29. The highest BCUT2D eigenvalue weighted by atomic mass is 19.1. The second kappa shape index (κ2) is 5.47. The molecule has 0 spiro atoms. The summed E-state index contributed by atoms with van der Waals surface area (Å²) in [5.41, 5.74) is 0.930. The SMILES string of the molecule is CNCC(C)OCC1Cc2cc(F)ccc2O1. The van der Waals surface area contributed by atoms with Crippen LogP contribution in [0.1, 0.15) is 12.5 Å². The second-order valence-corrected chi connectivity index (χ2v) is 4.40. The first-order valence-corrected chi connectivity index (χ1v) is 5.90. The van der Waals surface area contributed by atoms with Crippen molar-refractivity contribution in [2.24, 2.45) is 0 Å². The number of rotatable bonds is 5. The second-order valence-electron chi connectivity index (χ2n) is 4.40. The molecule has 1 aromatic rings. The average Bonchev–Trinajstić information content (AvgIpc) is 2.68. The highest BCUT2D eigenvalue weighted by molar-refractivity contribution is 5.37. The fraction of sp³-hybridized carbons (Fsp3) is 0.538. The molecule has 0 aromatic heterocycles. The number of benzene rings is 1. The van der Waals surface area contributed by atoms with Gasteiger partial charge < -0.3 is 14.8 Å². The van der Waals surface area contributed by atoms with Crippen LogP contribution in [0.15, 0.2) is 18.2 Å². The fourth-order valence-electron chi connectivity index (χ4n) is 2.00. The maximum atomic E-state index is 13.0. The molecule has 0 amide bonds. The van der Waals surface area contributed by atoms with Crippen LogP contribution in [0.3, 0.4) is 0 Å². The Bertz CT molecular complexity index is 384. The first-order valence-electron chi connectivity index (χ1n) is 5.90. The molecule has 17 heavy (non-hydrogen) atoms. The van der Waals surface area contributed by atoms with E-state index in [9.17, 15) is 4.39 Å². The molecular weight excluding hydrogens is 221 g/mol. The van der Waals surface area contributed by atoms with E-state index in [4.69, 9.17) is 9.47 Å². The van der Waals surface area contributed by atoms with Gasteiger partial charge in [-0.15, -0.1) is 0 Å². The summed E-state index contributed by atoms with van der Waals surface area (Å²) >= 11 is 0. The minimum Gasteiger partial charge on any atom is -0.487 e. The Labute approximate surface area is 101 Å². The van der Waals surface area contributed by atoms with Gasteiger partial charge in [0, 0.05) is 18.5 Å². The lowest BCUT2D eigenvalue weighted by Gasteiger charge is -2.16. The summed E-state index contributed by atoms with van der Waals surface area (Å²) in [5.74, 6) is 0.568. The van der Waals surface area contributed by atoms with Gasteiger partial charge in [0.05, 0.1) is 12.7 Å². The number of likely N-dealkylation sites (N-methyl/N-ethyl adjacent to an activating group) is 1. The average molecular weight is 239 g/mol. The lowest BCUT2D eigenvalue weighted by atomic mass is 10.1. The number of hydrogen-bond donors (Lipinski definition) is 1. The van der Waals surface area contributed by atoms with Crippen molar-refractivity contribution in [1.29, 1.82) is 0 Å². The molecule has 2 unspecified atom stereocenters. The maximum absolute atomic E-state index is 13.0. The van der Waals surface area contributed by atoms with Crippen molar-refractivity contribution in [3.8, 4) is 5.75 Å². The third kappa shape index (κ3) is 3.17. The van der Waals surface area contributed by atoms with E-state index >= 15 is 0 Å². The van der Waals surface area contributed by atoms with Crippen molar-refractivity contribution >= 4 is 0 Å². The monoisotopic (exact) mass is 239 g/mol. The van der Waals surface area contributed by atoms with E-state index in [0.717, 1.165) is 24.3 Å². The zero-order valence-corrected chi connectivity index (χ0v) is 10.2. The maximum Gasteiger partial charge on any atom is 0.126 e. The van der Waals surface area contributed by atoms with Crippen molar-refractivity contribution in [1.82, 2.24) is 5.32 Å². The smallest absolute Gasteiger partial charge is 0.126 e. The molecule has 0 radical (unpaired) electrons. The van der Waals surface area contributed by atoms with Crippen molar-refractivity contribution in [2.45, 2.75) is 25.6 Å². The number of hydrogen-bond acceptors (Lipinski definition) is 3. The summed E-state index contributed by atoms with van der Waals surface area (Å²) in [6.07, 6.45) is 0.884. The predicted octanol–water partition coefficient (Wildman–Crippen LogP) is 1.75. The molecule has 1 aliphatic rings. The quantitative estimate of drug-likeness (QED) is 0.849. The van der Waals surface area contributed by atoms with Gasteiger partial charge >= 0.3 is 0 Å². The molecule has 2 atom stereocenters. The molecule has 1 N–H and O–H groups in total. The third-order valence-electron chi connectivity index (χ3n) is 2.82. The number of ether oxygens (including phenoxy) is 2. The molecule has 1 heterocycles. The van der Waals surface area contributed by atoms with Crippen molar-refractivity contribution in [2.75, 3.05) is 20.2 Å². The van der Waals surface area contributed by atoms with Gasteiger partial charge in [-0.25, -0.2) is 4.39 Å². The van der Waals surface area contributed by atoms with Gasteiger partial charge in [0.1, 0.15) is 17.7 Å². The lowest BCUT2D eigenvalue weighted by molar-refractivity contribution is 0.0168. The Morgan fingerprint density at radius 1 is 1.59 bits per heavy atom. The molecule has 94 valence electrons. The van der Waals surface area contributed by atoms with Gasteiger partial charge in [-0.05, 0) is 32.2 Å². The van der Waals surface area contributed by atoms with E-state index in [1.54, 1.807) is 6.07 Å². The summed E-state index contributed by atoms with van der Waals surface area (Å²) < 4.78 is 24.3. The van der Waals surface area contributed by atoms with E-state index in [2.05, 4.69) is 5.32 Å². The van der Waals surface area contributed by atoms with Crippen molar-refractivity contribution in [3.05, 3.63) is 29.6 Å². The van der Waals surface area contributed by atoms with Gasteiger partial charge in [0.2, 0.25) is 0 Å². The van der Waals surface area contributed by atoms with Gasteiger partial charge in [0.15, 0.2) is 0 Å². The first-order chi connectivity index (χ1) is 8.19. The first kappa shape index (κ1) is 12.3. The predicted molar refractivity (Wildman–Crippen MR) is 63.9 cm³/mol. The minimum absolute atomic E-state index is 0.00565. The van der Waals surface area contributed by atoms with Crippen LogP contribution in [0.25, 0.3) is 0 Å². The summed E-state index contributed by atoms with van der Waals surface area (Å²) in [6.45, 7) is 3.37. The Hall–Kier alpha value is -1.13. The molecule has 1 aromatic carbocycles. The third-order valence-corrected chi connectivity index (χ3v) is 2.82. The van der Waals surface area contributed by atoms with Crippen molar-refractivity contribution in [3.63, 3.8) is 0 Å². The zero-order chi connectivity index (χ0) is 12.3. The van der Waals surface area contributed by atoms with Gasteiger partial charge in [-0.3, -0.25) is 0 Å². The topological polar surface area (TPSA) is 30.5 Å². The van der Waals surface area contributed by atoms with Gasteiger partial charge in [-0.2, -0.15) is 0 Å². The molecule has 0 fully saturated rings. The molecule has 2 rings (SSSR count). The fourth-order valence-corrected chi connectivity index (χ4v) is 2.00. The van der Waals surface area contributed by atoms with Crippen LogP contribution >= 0.6 is 0 Å². The normalized spacial score (nSPS) is 19.8. The Morgan fingerprint density at radius 3 is 3.18 bits per heavy atom. The van der Waals surface area contributed by atoms with E-state index in [1.165, 1.54) is 12.1 Å². The standard InChI is InChI=1S/C13H18FNO2/c1-9(7-15-2)16-8-12-6-10-5-11(14)3-4-13(10)17-12/h3-5,9,12,15H,6-8H2,1-2H3. The molecular formula is C13H18FNO2. The van der Waals surface area contributed by atoms with Gasteiger partial charge in [0.25, 0.3) is 0 Å². The molecule has 4 heteroatoms. The molecule has 0 aliphatic carbocycles. The Balaban J connectivity index is 1.84. The largest absolute Gasteiger partial charge is 0.487 e. The van der Waals surface area contributed by atoms with Crippen LogP contribution in [0, 0.1) is 5.82 Å². The highest BCUT2D eigenvalue weighted by Gasteiger charge is 2.23. The molecule has 1 aliphatic heterocycles. The van der Waals surface area contributed by atoms with Crippen LogP contribution in [-0.4, -0.2) is 32.4 Å². The summed E-state index contributed by atoms with van der Waals surface area (Å²) in [6, 6.07) is 4.64. The van der Waals surface area contributed by atoms with E-state index in [1.807, 2.05) is 14.0 Å². The molecule has 3 nitrogen and oxygen atoms in total. The number of halogens is 1. The molecule has 0 saturated carbocycles. The van der Waals surface area contributed by atoms with Crippen molar-refractivity contribution < 1.29 is 13.9 Å². The van der Waals surface area contributed by atoms with Crippen LogP contribution in [0.2, 0.25) is 0 Å². The van der Waals surface area contributed by atoms with E-state index in [-0.39, 0.29) is 18.0 Å². The van der Waals surface area contributed by atoms with Crippen LogP contribution in [-0.2, 0) is 11.2 Å². The summed E-state index contributed by atoms with van der Waals surface area (Å²) in [5, 5.41) is 3.05. The van der Waals surface area contributed by atoms with Crippen LogP contribution < -0.4 is 10.1 Å². The minimum atomic E-state index is -0.211. The summed E-state index contributed by atoms with van der Waals surface area (Å²) in [7, 11) is 1.89. The zero-order valence-electron chi connectivity index (χ0n) is 10.2.